The van der Waals surface area contributed by atoms with Gasteiger partial charge in [0.2, 0.25) is 23.3 Å². The van der Waals surface area contributed by atoms with Gasteiger partial charge in [-0.3, -0.25) is 0 Å². The Morgan fingerprint density at radius 3 is 1.31 bits per heavy atom. The van der Waals surface area contributed by atoms with Crippen LogP contribution in [0.5, 0.6) is 17.2 Å². The first-order chi connectivity index (χ1) is 25.5. The summed E-state index contributed by atoms with van der Waals surface area (Å²) in [6, 6.07) is 5.93. The molecule has 20 heteroatoms. The maximum absolute atomic E-state index is 15.8. The minimum Gasteiger partial charge on any atom is -0.487 e. The molecule has 54 heavy (non-hydrogen) atoms. The summed E-state index contributed by atoms with van der Waals surface area (Å²) >= 11 is 0. The molecule has 0 atom stereocenters. The minimum atomic E-state index is -3.38. The van der Waals surface area contributed by atoms with Gasteiger partial charge in [0.1, 0.15) is 5.75 Å². The number of benzene rings is 7. The van der Waals surface area contributed by atoms with E-state index in [1.54, 1.807) is 0 Å². The van der Waals surface area contributed by atoms with E-state index < -0.39 is 161 Å². The molecule has 0 aliphatic heterocycles. The first-order valence-corrected chi connectivity index (χ1v) is 14.4. The maximum atomic E-state index is 15.8. The predicted molar refractivity (Wildman–Crippen MR) is 155 cm³/mol. The largest absolute Gasteiger partial charge is 0.864 e. The van der Waals surface area contributed by atoms with Gasteiger partial charge < -0.3 is 14.0 Å². The maximum Gasteiger partial charge on any atom is 0.864 e. The Balaban J connectivity index is 1.55. The van der Waals surface area contributed by atoms with Crippen LogP contribution in [-0.4, -0.2) is 7.32 Å². The van der Waals surface area contributed by atoms with Gasteiger partial charge in [0.25, 0.3) is 0 Å². The van der Waals surface area contributed by atoms with Crippen molar-refractivity contribution >= 4 is 39.6 Å². The molecule has 0 spiro atoms. The van der Waals surface area contributed by atoms with Crippen molar-refractivity contribution in [3.63, 3.8) is 0 Å². The van der Waals surface area contributed by atoms with Crippen LogP contribution in [0.4, 0.5) is 70.2 Å². The van der Waals surface area contributed by atoms with Crippen LogP contribution >= 0.6 is 0 Å². The van der Waals surface area contributed by atoms with Crippen molar-refractivity contribution in [2.24, 2.45) is 0 Å². The van der Waals surface area contributed by atoms with E-state index in [0.29, 0.717) is 0 Å². The average Bonchev–Trinajstić information content (AvgIpc) is 3.15. The topological polar surface area (TPSA) is 27.7 Å². The standard InChI is InChI=1S/C34H7BF16O3/c36-9-6-7-10(19(38)18(9)37)52-35(53-33-11(8-4-2-1-3-5-8)20(39)29(48)30(49)32(33)51)54-34-17-13-12-14(21(40)22(41)16(13)26(45)31(34)50)24(43)28(47)25(44)15(12)23(42)27(17)46/h1-7H. The number of halogens is 16. The number of hydrogen-bond acceptors (Lipinski definition) is 3. The van der Waals surface area contributed by atoms with Crippen LogP contribution in [0.2, 0.25) is 0 Å². The molecule has 0 bridgehead atoms. The molecule has 0 saturated heterocycles. The quantitative estimate of drug-likeness (QED) is 0.0530. The van der Waals surface area contributed by atoms with E-state index in [-0.39, 0.29) is 12.1 Å². The van der Waals surface area contributed by atoms with Gasteiger partial charge in [0.15, 0.2) is 81.3 Å². The van der Waals surface area contributed by atoms with Crippen LogP contribution in [-0.2, 0) is 0 Å². The third kappa shape index (κ3) is 5.09. The zero-order valence-corrected chi connectivity index (χ0v) is 25.4. The first kappa shape index (κ1) is 36.3. The Morgan fingerprint density at radius 2 is 0.741 bits per heavy atom. The third-order valence-corrected chi connectivity index (χ3v) is 8.11. The van der Waals surface area contributed by atoms with Crippen molar-refractivity contribution in [3.05, 3.63) is 136 Å². The van der Waals surface area contributed by atoms with E-state index in [1.165, 1.54) is 6.07 Å². The van der Waals surface area contributed by atoms with Gasteiger partial charge in [-0.1, -0.05) is 30.3 Å². The van der Waals surface area contributed by atoms with E-state index in [0.717, 1.165) is 24.3 Å². The van der Waals surface area contributed by atoms with Gasteiger partial charge >= 0.3 is 7.32 Å². The second-order valence-electron chi connectivity index (χ2n) is 11.0. The van der Waals surface area contributed by atoms with Crippen LogP contribution in [0.1, 0.15) is 0 Å². The Labute approximate surface area is 288 Å². The summed E-state index contributed by atoms with van der Waals surface area (Å²) in [5, 5.41) is -11.1. The monoisotopic (exact) mass is 778 g/mol. The number of rotatable bonds is 7. The lowest BCUT2D eigenvalue weighted by Gasteiger charge is -2.23. The number of hydrogen-bond donors (Lipinski definition) is 0. The molecule has 3 nitrogen and oxygen atoms in total. The summed E-state index contributed by atoms with van der Waals surface area (Å²) in [6.45, 7) is 0. The highest BCUT2D eigenvalue weighted by molar-refractivity contribution is 6.40. The van der Waals surface area contributed by atoms with Crippen molar-refractivity contribution in [2.45, 2.75) is 0 Å². The molecule has 0 N–H and O–H groups in total. The van der Waals surface area contributed by atoms with Crippen LogP contribution in [0.15, 0.2) is 42.5 Å². The highest BCUT2D eigenvalue weighted by Crippen LogP contribution is 2.49. The van der Waals surface area contributed by atoms with Crippen molar-refractivity contribution in [1.82, 2.24) is 0 Å². The molecule has 276 valence electrons. The van der Waals surface area contributed by atoms with Gasteiger partial charge in [0.05, 0.1) is 27.1 Å². The smallest absolute Gasteiger partial charge is 0.487 e. The van der Waals surface area contributed by atoms with E-state index in [4.69, 9.17) is 14.0 Å². The van der Waals surface area contributed by atoms with Gasteiger partial charge in [-0.2, -0.15) is 13.2 Å². The normalized spacial score (nSPS) is 11.7. The molecule has 0 unspecified atom stereocenters. The van der Waals surface area contributed by atoms with Crippen molar-refractivity contribution in [1.29, 1.82) is 0 Å². The molecular weight excluding hydrogens is 771 g/mol. The lowest BCUT2D eigenvalue weighted by atomic mass is 9.90. The second kappa shape index (κ2) is 12.8. The van der Waals surface area contributed by atoms with Crippen LogP contribution in [0, 0.1) is 93.1 Å². The molecule has 7 aromatic carbocycles. The lowest BCUT2D eigenvalue weighted by molar-refractivity contribution is 0.279. The van der Waals surface area contributed by atoms with Crippen molar-refractivity contribution < 1.29 is 84.2 Å². The van der Waals surface area contributed by atoms with Gasteiger partial charge in [-0.15, -0.1) is 0 Å². The Hall–Kier alpha value is -6.08. The molecule has 7 rings (SSSR count). The van der Waals surface area contributed by atoms with E-state index in [2.05, 4.69) is 0 Å². The van der Waals surface area contributed by atoms with E-state index >= 15 is 35.1 Å². The van der Waals surface area contributed by atoms with Gasteiger partial charge in [-0.25, -0.2) is 57.1 Å². The second-order valence-corrected chi connectivity index (χ2v) is 11.0. The SMILES string of the molecule is Fc1ccc(OB(Oc2c(F)c(F)c(F)c(F)c2-c2ccccc2)Oc2c(F)c(F)c3c(F)c(F)c4c(F)c(F)c(F)c5c(F)c(F)c2c3c45)c(F)c1F. The molecule has 0 fully saturated rings. The molecule has 0 aromatic heterocycles. The average molecular weight is 778 g/mol. The third-order valence-electron chi connectivity index (χ3n) is 8.11. The van der Waals surface area contributed by atoms with Gasteiger partial charge in [-0.05, 0) is 17.7 Å². The summed E-state index contributed by atoms with van der Waals surface area (Å²) in [6.07, 6.45) is 0. The molecule has 0 aliphatic carbocycles. The predicted octanol–water partition coefficient (Wildman–Crippen LogP) is 11.0. The van der Waals surface area contributed by atoms with Crippen LogP contribution in [0.25, 0.3) is 43.4 Å². The molecule has 0 radical (unpaired) electrons. The zero-order valence-electron chi connectivity index (χ0n) is 25.4. The van der Waals surface area contributed by atoms with Crippen LogP contribution < -0.4 is 14.0 Å². The minimum absolute atomic E-state index is 0.170. The summed E-state index contributed by atoms with van der Waals surface area (Å²) in [5.41, 5.74) is -1.86. The lowest BCUT2D eigenvalue weighted by Crippen LogP contribution is -2.38. The van der Waals surface area contributed by atoms with E-state index in [9.17, 15) is 35.1 Å². The van der Waals surface area contributed by atoms with Crippen LogP contribution in [0.3, 0.4) is 0 Å². The molecular formula is C34H7BF16O3. The van der Waals surface area contributed by atoms with Crippen molar-refractivity contribution in [3.8, 4) is 28.4 Å². The summed E-state index contributed by atoms with van der Waals surface area (Å²) < 4.78 is 254. The van der Waals surface area contributed by atoms with E-state index in [1.807, 2.05) is 0 Å². The Kier molecular flexibility index (Phi) is 8.60. The zero-order chi connectivity index (χ0) is 39.2. The molecule has 0 heterocycles. The fourth-order valence-electron chi connectivity index (χ4n) is 5.76. The highest BCUT2D eigenvalue weighted by atomic mass is 19.2. The fraction of sp³-hybridized carbons (Fsp3) is 0. The Bertz CT molecular complexity index is 2700. The van der Waals surface area contributed by atoms with Gasteiger partial charge in [0, 0.05) is 10.8 Å². The molecule has 0 saturated carbocycles. The molecule has 0 aliphatic rings. The summed E-state index contributed by atoms with van der Waals surface area (Å²) in [7, 11) is -3.38. The molecule has 7 aromatic rings. The fourth-order valence-corrected chi connectivity index (χ4v) is 5.76. The summed E-state index contributed by atoms with van der Waals surface area (Å²) in [4.78, 5) is 0. The highest BCUT2D eigenvalue weighted by Gasteiger charge is 2.42. The van der Waals surface area contributed by atoms with Crippen molar-refractivity contribution in [2.75, 3.05) is 0 Å². The summed E-state index contributed by atoms with van der Waals surface area (Å²) in [5.74, 6) is -45.0. The Morgan fingerprint density at radius 1 is 0.315 bits per heavy atom. The first-order valence-electron chi connectivity index (χ1n) is 14.4. The molecule has 0 amide bonds.